The standard InChI is InChI=1S/2C12H27P.Pt/c2*1-4-7-10-13(11-8-5-2)12-9-6-3;/h2*4-12H2,1-3H3;/q;;-2/p+2. The second-order valence-electron chi connectivity index (χ2n) is 8.87. The van der Waals surface area contributed by atoms with E-state index >= 15 is 0 Å². The molecule has 0 rings (SSSR count). The van der Waals surface area contributed by atoms with Gasteiger partial charge in [-0.1, -0.05) is 0 Å². The molecule has 0 aromatic heterocycles. The first-order chi connectivity index (χ1) is 13.1. The Bertz CT molecular complexity index is 246. The number of rotatable bonds is 20. The molecular formula is C24H56P2Pt. The molecule has 0 radical (unpaired) electrons. The van der Waals surface area contributed by atoms with E-state index in [0.717, 1.165) is 0 Å². The first-order valence-electron chi connectivity index (χ1n) is 12.7. The summed E-state index contributed by atoms with van der Waals surface area (Å²) in [5.74, 6) is 0. The fourth-order valence-electron chi connectivity index (χ4n) is 4.24. The first-order valence-corrected chi connectivity index (χ1v) is 24.4. The average Bonchev–Trinajstić information content (AvgIpc) is 2.70. The van der Waals surface area contributed by atoms with Crippen LogP contribution in [0.3, 0.4) is 0 Å². The fraction of sp³-hybridized carbons (Fsp3) is 1.00. The second-order valence-corrected chi connectivity index (χ2v) is 36.4. The Kier molecular flexibility index (Phi) is 19.4. The Balaban J connectivity index is 5.66. The molecule has 3 heteroatoms. The van der Waals surface area contributed by atoms with Crippen molar-refractivity contribution in [2.75, 3.05) is 37.0 Å². The molecule has 0 saturated carbocycles. The average molecular weight is 602 g/mol. The van der Waals surface area contributed by atoms with Gasteiger partial charge in [0.2, 0.25) is 0 Å². The Morgan fingerprint density at radius 1 is 0.370 bits per heavy atom. The molecule has 0 amide bonds. The maximum atomic E-state index is 2.44. The Morgan fingerprint density at radius 2 is 0.556 bits per heavy atom. The SMILES string of the molecule is CCCC[PH](CCCC)(CCCC)[Pt][PH](CCCC)(CCCC)CCCC. The summed E-state index contributed by atoms with van der Waals surface area (Å²) in [6.07, 6.45) is 28.3. The summed E-state index contributed by atoms with van der Waals surface area (Å²) >= 11 is 0.509. The Labute approximate surface area is 183 Å². The monoisotopic (exact) mass is 601 g/mol. The van der Waals surface area contributed by atoms with Crippen molar-refractivity contribution < 1.29 is 17.5 Å². The Morgan fingerprint density at radius 3 is 0.704 bits per heavy atom. The van der Waals surface area contributed by atoms with Gasteiger partial charge in [0.1, 0.15) is 0 Å². The van der Waals surface area contributed by atoms with Crippen LogP contribution < -0.4 is 0 Å². The predicted octanol–water partition coefficient (Wildman–Crippen LogP) is 9.20. The molecule has 0 saturated heterocycles. The van der Waals surface area contributed by atoms with Crippen molar-refractivity contribution in [1.82, 2.24) is 0 Å². The van der Waals surface area contributed by atoms with Crippen molar-refractivity contribution in [3.05, 3.63) is 0 Å². The van der Waals surface area contributed by atoms with E-state index in [-0.39, 0.29) is 0 Å². The third-order valence-electron chi connectivity index (χ3n) is 6.11. The van der Waals surface area contributed by atoms with Gasteiger partial charge in [0.15, 0.2) is 0 Å². The van der Waals surface area contributed by atoms with Gasteiger partial charge in [-0.3, -0.25) is 0 Å². The van der Waals surface area contributed by atoms with Crippen LogP contribution in [0.2, 0.25) is 0 Å². The molecule has 0 bridgehead atoms. The van der Waals surface area contributed by atoms with E-state index in [1.807, 2.05) is 0 Å². The molecular weight excluding hydrogens is 545 g/mol. The summed E-state index contributed by atoms with van der Waals surface area (Å²) < 4.78 is 0. The van der Waals surface area contributed by atoms with Crippen LogP contribution in [-0.2, 0) is 17.5 Å². The van der Waals surface area contributed by atoms with Crippen molar-refractivity contribution in [2.45, 2.75) is 119 Å². The third-order valence-corrected chi connectivity index (χ3v) is 48.0. The van der Waals surface area contributed by atoms with Gasteiger partial charge in [-0.05, 0) is 0 Å². The van der Waals surface area contributed by atoms with Gasteiger partial charge in [-0.15, -0.1) is 0 Å². The Hall–Kier alpha value is 1.55. The normalized spacial score (nSPS) is 14.0. The van der Waals surface area contributed by atoms with E-state index in [4.69, 9.17) is 0 Å². The van der Waals surface area contributed by atoms with E-state index in [0.29, 0.717) is 17.5 Å². The minimum atomic E-state index is -0.971. The van der Waals surface area contributed by atoms with Gasteiger partial charge in [0.05, 0.1) is 0 Å². The number of hydrogen-bond acceptors (Lipinski definition) is 0. The summed E-state index contributed by atoms with van der Waals surface area (Å²) in [6, 6.07) is 0. The topological polar surface area (TPSA) is 0 Å². The van der Waals surface area contributed by atoms with E-state index in [1.165, 1.54) is 38.5 Å². The van der Waals surface area contributed by atoms with Crippen molar-refractivity contribution in [1.29, 1.82) is 0 Å². The predicted molar refractivity (Wildman–Crippen MR) is 135 cm³/mol. The zero-order chi connectivity index (χ0) is 20.4. The van der Waals surface area contributed by atoms with Gasteiger partial charge >= 0.3 is 184 Å². The molecule has 0 fully saturated rings. The van der Waals surface area contributed by atoms with Crippen LogP contribution in [0.15, 0.2) is 0 Å². The van der Waals surface area contributed by atoms with E-state index < -0.39 is 10.7 Å². The quantitative estimate of drug-likeness (QED) is 0.122. The molecule has 0 aromatic carbocycles. The van der Waals surface area contributed by atoms with Crippen LogP contribution >= 0.6 is 10.7 Å². The first kappa shape index (κ1) is 28.5. The van der Waals surface area contributed by atoms with E-state index in [1.54, 1.807) is 75.5 Å². The van der Waals surface area contributed by atoms with E-state index in [9.17, 15) is 0 Å². The summed E-state index contributed by atoms with van der Waals surface area (Å²) in [6.45, 7) is 14.6. The zero-order valence-electron chi connectivity index (χ0n) is 20.0. The maximum absolute atomic E-state index is 2.44. The van der Waals surface area contributed by atoms with E-state index in [2.05, 4.69) is 41.5 Å². The van der Waals surface area contributed by atoms with Gasteiger partial charge in [0, 0.05) is 0 Å². The van der Waals surface area contributed by atoms with Gasteiger partial charge in [0.25, 0.3) is 0 Å². The van der Waals surface area contributed by atoms with Crippen molar-refractivity contribution in [3.8, 4) is 0 Å². The molecule has 0 aliphatic carbocycles. The number of unbranched alkanes of at least 4 members (excludes halogenated alkanes) is 6. The van der Waals surface area contributed by atoms with Gasteiger partial charge in [-0.25, -0.2) is 0 Å². The molecule has 172 valence electrons. The molecule has 0 aliphatic heterocycles. The molecule has 27 heavy (non-hydrogen) atoms. The van der Waals surface area contributed by atoms with Crippen LogP contribution in [0.4, 0.5) is 0 Å². The molecule has 0 spiro atoms. The summed E-state index contributed by atoms with van der Waals surface area (Å²) in [7, 11) is 0. The minimum absolute atomic E-state index is 0.509. The van der Waals surface area contributed by atoms with Crippen molar-refractivity contribution in [3.63, 3.8) is 0 Å². The van der Waals surface area contributed by atoms with Crippen LogP contribution in [0, 0.1) is 0 Å². The van der Waals surface area contributed by atoms with Crippen LogP contribution in [0.25, 0.3) is 0 Å². The summed E-state index contributed by atoms with van der Waals surface area (Å²) in [5.41, 5.74) is 0. The molecule has 0 aromatic rings. The third kappa shape index (κ3) is 12.8. The second kappa shape index (κ2) is 18.3. The van der Waals surface area contributed by atoms with Gasteiger partial charge in [-0.2, -0.15) is 0 Å². The van der Waals surface area contributed by atoms with Crippen LogP contribution in [0.5, 0.6) is 0 Å². The molecule has 0 heterocycles. The molecule has 0 N–H and O–H groups in total. The van der Waals surface area contributed by atoms with Crippen LogP contribution in [0.1, 0.15) is 119 Å². The van der Waals surface area contributed by atoms with Gasteiger partial charge < -0.3 is 0 Å². The zero-order valence-corrected chi connectivity index (χ0v) is 24.3. The molecule has 0 aliphatic rings. The summed E-state index contributed by atoms with van der Waals surface area (Å²) in [5, 5.41) is -1.94. The molecule has 0 nitrogen and oxygen atoms in total. The summed E-state index contributed by atoms with van der Waals surface area (Å²) in [4.78, 5) is 0. The molecule has 0 unspecified atom stereocenters. The van der Waals surface area contributed by atoms with Crippen molar-refractivity contribution >= 4 is 10.7 Å². The molecule has 0 atom stereocenters. The van der Waals surface area contributed by atoms with Crippen LogP contribution in [-0.4, -0.2) is 37.0 Å². The fourth-order valence-corrected chi connectivity index (χ4v) is 61.8. The number of hydrogen-bond donors (Lipinski definition) is 0. The van der Waals surface area contributed by atoms with Crippen molar-refractivity contribution in [2.24, 2.45) is 0 Å².